The molecule has 0 bridgehead atoms. The smallest absolute Gasteiger partial charge is 0.331 e. The van der Waals surface area contributed by atoms with Crippen LogP contribution in [0, 0.1) is 6.92 Å². The van der Waals surface area contributed by atoms with Gasteiger partial charge in [0.1, 0.15) is 59.5 Å². The lowest BCUT2D eigenvalue weighted by molar-refractivity contribution is -0.231. The normalized spacial score (nSPS) is 23.8. The standard InChI is InChI=1S/C29H32O11/c1-14-10-20(37-3)24(29-27(36)26(35)25(34)21(13-30)40-29)28-23(14)19(32)12-18(39-28)11-15(2)38-22(33)9-6-16-4-7-17(31)8-5-16/h4-10,12,15,21,25-27,29-31,34-36H,11,13H2,1-3H3/b9-6+/t15-,21-,25-,26+,27-,29+/m1/s1. The van der Waals surface area contributed by atoms with E-state index in [2.05, 4.69) is 0 Å². The molecule has 0 saturated carbocycles. The van der Waals surface area contributed by atoms with Crippen LogP contribution >= 0.6 is 0 Å². The molecule has 0 unspecified atom stereocenters. The second-order valence-corrected chi connectivity index (χ2v) is 9.72. The van der Waals surface area contributed by atoms with Crippen molar-refractivity contribution in [1.29, 1.82) is 0 Å². The van der Waals surface area contributed by atoms with E-state index in [1.54, 1.807) is 32.0 Å². The Kier molecular flexibility index (Phi) is 8.92. The second kappa shape index (κ2) is 12.2. The van der Waals surface area contributed by atoms with Crippen LogP contribution < -0.4 is 10.2 Å². The van der Waals surface area contributed by atoms with Gasteiger partial charge in [-0.2, -0.15) is 0 Å². The molecule has 0 radical (unpaired) electrons. The van der Waals surface area contributed by atoms with Crippen molar-refractivity contribution in [3.8, 4) is 11.5 Å². The molecule has 0 amide bonds. The summed E-state index contributed by atoms with van der Waals surface area (Å²) in [6, 6.07) is 9.11. The van der Waals surface area contributed by atoms with Crippen LogP contribution in [-0.4, -0.2) is 75.7 Å². The minimum Gasteiger partial charge on any atom is -0.508 e. The fraction of sp³-hybridized carbons (Fsp3) is 0.379. The third-order valence-corrected chi connectivity index (χ3v) is 6.76. The second-order valence-electron chi connectivity index (χ2n) is 9.72. The molecule has 40 heavy (non-hydrogen) atoms. The highest BCUT2D eigenvalue weighted by Crippen LogP contribution is 2.41. The van der Waals surface area contributed by atoms with Gasteiger partial charge < -0.3 is 44.2 Å². The molecule has 6 atom stereocenters. The largest absolute Gasteiger partial charge is 0.508 e. The number of hydrogen-bond acceptors (Lipinski definition) is 11. The van der Waals surface area contributed by atoms with Crippen molar-refractivity contribution in [2.75, 3.05) is 13.7 Å². The fourth-order valence-electron chi connectivity index (χ4n) is 4.75. The van der Waals surface area contributed by atoms with Crippen molar-refractivity contribution in [3.63, 3.8) is 0 Å². The molecule has 4 rings (SSSR count). The van der Waals surface area contributed by atoms with Gasteiger partial charge in [-0.3, -0.25) is 4.79 Å². The Morgan fingerprint density at radius 3 is 2.45 bits per heavy atom. The Morgan fingerprint density at radius 1 is 1.10 bits per heavy atom. The third-order valence-electron chi connectivity index (χ3n) is 6.76. The Labute approximate surface area is 229 Å². The maximum atomic E-state index is 13.2. The lowest BCUT2D eigenvalue weighted by Gasteiger charge is -2.40. The number of aryl methyl sites for hydroxylation is 1. The van der Waals surface area contributed by atoms with Crippen molar-refractivity contribution in [2.24, 2.45) is 0 Å². The highest BCUT2D eigenvalue weighted by molar-refractivity contribution is 5.87. The van der Waals surface area contributed by atoms with Crippen LogP contribution in [0.1, 0.15) is 35.5 Å². The third kappa shape index (κ3) is 6.03. The Hall–Kier alpha value is -3.74. The Bertz CT molecular complexity index is 1440. The summed E-state index contributed by atoms with van der Waals surface area (Å²) in [5.41, 5.74) is 0.982. The van der Waals surface area contributed by atoms with E-state index in [1.807, 2.05) is 0 Å². The quantitative estimate of drug-likeness (QED) is 0.201. The topological polar surface area (TPSA) is 176 Å². The summed E-state index contributed by atoms with van der Waals surface area (Å²) in [5, 5.41) is 50.6. The molecule has 11 heteroatoms. The summed E-state index contributed by atoms with van der Waals surface area (Å²) in [4.78, 5) is 25.5. The summed E-state index contributed by atoms with van der Waals surface area (Å²) in [7, 11) is 1.38. The summed E-state index contributed by atoms with van der Waals surface area (Å²) in [6.07, 6.45) is -5.24. The summed E-state index contributed by atoms with van der Waals surface area (Å²) in [6.45, 7) is 2.68. The number of esters is 1. The van der Waals surface area contributed by atoms with E-state index in [-0.39, 0.29) is 40.2 Å². The number of hydrogen-bond donors (Lipinski definition) is 5. The number of aromatic hydroxyl groups is 1. The number of phenols is 1. The molecule has 2 aromatic carbocycles. The van der Waals surface area contributed by atoms with Crippen LogP contribution in [0.2, 0.25) is 0 Å². The van der Waals surface area contributed by atoms with Crippen molar-refractivity contribution >= 4 is 23.0 Å². The molecule has 1 aliphatic rings. The molecule has 214 valence electrons. The zero-order valence-electron chi connectivity index (χ0n) is 22.2. The Balaban J connectivity index is 1.65. The van der Waals surface area contributed by atoms with E-state index < -0.39 is 54.6 Å². The van der Waals surface area contributed by atoms with Crippen LogP contribution in [0.3, 0.4) is 0 Å². The number of methoxy groups -OCH3 is 1. The van der Waals surface area contributed by atoms with Gasteiger partial charge in [0.15, 0.2) is 5.43 Å². The predicted molar refractivity (Wildman–Crippen MR) is 143 cm³/mol. The SMILES string of the molecule is COc1cc(C)c2c(=O)cc(C[C@@H](C)OC(=O)/C=C/c3ccc(O)cc3)oc2c1[C@@H]1O[C@H](CO)[C@@H](O)[C@H](O)[C@H]1O. The average molecular weight is 557 g/mol. The molecule has 11 nitrogen and oxygen atoms in total. The summed E-state index contributed by atoms with van der Waals surface area (Å²) in [5.74, 6) is -0.136. The van der Waals surface area contributed by atoms with Gasteiger partial charge in [0.2, 0.25) is 0 Å². The number of fused-ring (bicyclic) bond motifs is 1. The van der Waals surface area contributed by atoms with Gasteiger partial charge in [0.05, 0.1) is 24.7 Å². The Morgan fingerprint density at radius 2 is 1.80 bits per heavy atom. The molecule has 5 N–H and O–H groups in total. The van der Waals surface area contributed by atoms with Crippen LogP contribution in [0.25, 0.3) is 17.0 Å². The number of aliphatic hydroxyl groups is 4. The molecule has 1 fully saturated rings. The number of carbonyl (C=O) groups excluding carboxylic acids is 1. The van der Waals surface area contributed by atoms with Gasteiger partial charge in [-0.15, -0.1) is 0 Å². The number of aliphatic hydroxyl groups excluding tert-OH is 4. The van der Waals surface area contributed by atoms with Gasteiger partial charge in [-0.05, 0) is 49.2 Å². The lowest BCUT2D eigenvalue weighted by atomic mass is 9.89. The molecule has 1 aromatic heterocycles. The first-order valence-electron chi connectivity index (χ1n) is 12.7. The number of benzene rings is 2. The lowest BCUT2D eigenvalue weighted by Crippen LogP contribution is -2.55. The monoisotopic (exact) mass is 556 g/mol. The van der Waals surface area contributed by atoms with Crippen molar-refractivity contribution in [3.05, 3.63) is 75.1 Å². The first kappa shape index (κ1) is 29.2. The number of carbonyl (C=O) groups is 1. The fourth-order valence-corrected chi connectivity index (χ4v) is 4.75. The van der Waals surface area contributed by atoms with E-state index in [0.29, 0.717) is 11.1 Å². The highest BCUT2D eigenvalue weighted by atomic mass is 16.6. The maximum Gasteiger partial charge on any atom is 0.331 e. The van der Waals surface area contributed by atoms with Crippen LogP contribution in [0.15, 0.2) is 51.7 Å². The zero-order chi connectivity index (χ0) is 29.1. The maximum absolute atomic E-state index is 13.2. The molecule has 3 aromatic rings. The number of phenolic OH excluding ortho intramolecular Hbond substituents is 1. The van der Waals surface area contributed by atoms with E-state index >= 15 is 0 Å². The predicted octanol–water partition coefficient (Wildman–Crippen LogP) is 1.52. The van der Waals surface area contributed by atoms with Crippen molar-refractivity contribution in [2.45, 2.75) is 56.9 Å². The van der Waals surface area contributed by atoms with Crippen molar-refractivity contribution in [1.82, 2.24) is 0 Å². The van der Waals surface area contributed by atoms with Gasteiger partial charge in [0, 0.05) is 18.6 Å². The molecule has 1 aliphatic heterocycles. The van der Waals surface area contributed by atoms with E-state index in [9.17, 15) is 35.1 Å². The minimum absolute atomic E-state index is 0.0361. The minimum atomic E-state index is -1.65. The molecule has 0 aliphatic carbocycles. The molecule has 0 spiro atoms. The van der Waals surface area contributed by atoms with E-state index in [0.717, 1.165) is 0 Å². The summed E-state index contributed by atoms with van der Waals surface area (Å²) >= 11 is 0. The first-order valence-corrected chi connectivity index (χ1v) is 12.7. The first-order chi connectivity index (χ1) is 19.0. The van der Waals surface area contributed by atoms with Gasteiger partial charge >= 0.3 is 5.97 Å². The van der Waals surface area contributed by atoms with Gasteiger partial charge in [-0.25, -0.2) is 4.79 Å². The van der Waals surface area contributed by atoms with Crippen LogP contribution in [-0.2, 0) is 20.7 Å². The molecule has 2 heterocycles. The number of ether oxygens (including phenoxy) is 3. The molecule has 1 saturated heterocycles. The molecular weight excluding hydrogens is 524 g/mol. The van der Waals surface area contributed by atoms with Crippen LogP contribution in [0.4, 0.5) is 0 Å². The zero-order valence-corrected chi connectivity index (χ0v) is 22.2. The van der Waals surface area contributed by atoms with E-state index in [4.69, 9.17) is 18.6 Å². The average Bonchev–Trinajstić information content (AvgIpc) is 2.91. The summed E-state index contributed by atoms with van der Waals surface area (Å²) < 4.78 is 22.8. The van der Waals surface area contributed by atoms with E-state index in [1.165, 1.54) is 37.5 Å². The number of rotatable bonds is 8. The molecular formula is C29H32O11. The van der Waals surface area contributed by atoms with Crippen LogP contribution in [0.5, 0.6) is 11.5 Å². The van der Waals surface area contributed by atoms with Gasteiger partial charge in [0.25, 0.3) is 0 Å². The highest BCUT2D eigenvalue weighted by Gasteiger charge is 2.46. The van der Waals surface area contributed by atoms with Gasteiger partial charge in [-0.1, -0.05) is 12.1 Å². The van der Waals surface area contributed by atoms with Crippen molar-refractivity contribution < 1.29 is 49.0 Å².